The van der Waals surface area contributed by atoms with Crippen LogP contribution in [0.25, 0.3) is 0 Å². The summed E-state index contributed by atoms with van der Waals surface area (Å²) in [6, 6.07) is 0. The van der Waals surface area contributed by atoms with Gasteiger partial charge >= 0.3 is 5.09 Å². The molecule has 0 aromatic heterocycles. The van der Waals surface area contributed by atoms with E-state index in [2.05, 4.69) is 0 Å². The SMILES string of the molecule is COC1=C(OC)C(=O)C(CCCCO[N+](=O)OCCCCC2=C(C)C(=O)C(OC)=C(OC)C2=O)=C(C)C1=O. The monoisotopic (exact) mass is 536 g/mol. The third-order valence-electron chi connectivity index (χ3n) is 6.22. The van der Waals surface area contributed by atoms with Gasteiger partial charge in [-0.05, 0) is 52.4 Å². The molecule has 0 heterocycles. The summed E-state index contributed by atoms with van der Waals surface area (Å²) in [6.45, 7) is 3.22. The van der Waals surface area contributed by atoms with Gasteiger partial charge in [0.2, 0.25) is 46.2 Å². The van der Waals surface area contributed by atoms with Gasteiger partial charge in [0, 0.05) is 22.3 Å². The van der Waals surface area contributed by atoms with Crippen molar-refractivity contribution in [2.75, 3.05) is 41.7 Å². The minimum atomic E-state index is -0.394. The van der Waals surface area contributed by atoms with Crippen LogP contribution in [0.5, 0.6) is 0 Å². The summed E-state index contributed by atoms with van der Waals surface area (Å²) in [5, 5.41) is 0.0207. The summed E-state index contributed by atoms with van der Waals surface area (Å²) in [6.07, 6.45) is 2.47. The van der Waals surface area contributed by atoms with E-state index in [0.717, 1.165) is 0 Å². The van der Waals surface area contributed by atoms with E-state index in [1.165, 1.54) is 28.4 Å². The minimum absolute atomic E-state index is 0.0207. The van der Waals surface area contributed by atoms with E-state index in [0.29, 0.717) is 60.8 Å². The maximum Gasteiger partial charge on any atom is 0.477 e. The number of ketones is 4. The number of rotatable bonds is 16. The highest BCUT2D eigenvalue weighted by molar-refractivity contribution is 6.24. The molecule has 0 unspecified atom stereocenters. The lowest BCUT2D eigenvalue weighted by atomic mass is 9.90. The molecule has 12 heteroatoms. The molecule has 208 valence electrons. The Bertz CT molecular complexity index is 1040. The van der Waals surface area contributed by atoms with Gasteiger partial charge in [-0.3, -0.25) is 19.2 Å². The zero-order valence-corrected chi connectivity index (χ0v) is 22.6. The van der Waals surface area contributed by atoms with Crippen molar-refractivity contribution in [1.82, 2.24) is 0 Å². The number of Topliss-reactive ketones (excluding diaryl/α,β-unsaturated/α-hetero) is 4. The smallest absolute Gasteiger partial charge is 0.477 e. The zero-order chi connectivity index (χ0) is 28.4. The largest absolute Gasteiger partial charge is 0.489 e. The molecular weight excluding hydrogens is 502 g/mol. The lowest BCUT2D eigenvalue weighted by molar-refractivity contribution is -0.981. The number of allylic oxidation sites excluding steroid dienone is 4. The fraction of sp³-hybridized carbons (Fsp3) is 0.538. The Morgan fingerprint density at radius 1 is 0.526 bits per heavy atom. The van der Waals surface area contributed by atoms with Crippen LogP contribution in [-0.4, -0.2) is 69.9 Å². The van der Waals surface area contributed by atoms with Crippen molar-refractivity contribution in [3.05, 3.63) is 50.2 Å². The van der Waals surface area contributed by atoms with Gasteiger partial charge in [-0.15, -0.1) is 0 Å². The molecule has 0 aromatic rings. The quantitative estimate of drug-likeness (QED) is 0.163. The lowest BCUT2D eigenvalue weighted by Gasteiger charge is -2.20. The number of carbonyl (C=O) groups excluding carboxylic acids is 4. The van der Waals surface area contributed by atoms with Crippen LogP contribution in [0.3, 0.4) is 0 Å². The highest BCUT2D eigenvalue weighted by Gasteiger charge is 2.35. The maximum atomic E-state index is 12.6. The normalized spacial score (nSPS) is 16.4. The Kier molecular flexibility index (Phi) is 11.2. The third-order valence-corrected chi connectivity index (χ3v) is 6.22. The van der Waals surface area contributed by atoms with Gasteiger partial charge < -0.3 is 18.9 Å². The number of nitrogens with zero attached hydrogens (tertiary/aromatic N) is 1. The molecule has 0 amide bonds. The van der Waals surface area contributed by atoms with Crippen molar-refractivity contribution in [2.24, 2.45) is 0 Å². The molecule has 2 rings (SSSR count). The molecular formula is C26H34NO11+. The average Bonchev–Trinajstić information content (AvgIpc) is 2.90. The Balaban J connectivity index is 1.69. The molecule has 0 saturated heterocycles. The van der Waals surface area contributed by atoms with Gasteiger partial charge in [0.1, 0.15) is 4.91 Å². The Hall–Kier alpha value is -3.96. The topological polar surface area (TPSA) is 144 Å². The first kappa shape index (κ1) is 30.3. The van der Waals surface area contributed by atoms with E-state index < -0.39 is 23.1 Å². The predicted octanol–water partition coefficient (Wildman–Crippen LogP) is 2.91. The molecule has 0 radical (unpaired) electrons. The molecule has 0 bridgehead atoms. The number of ether oxygens (including phenoxy) is 4. The van der Waals surface area contributed by atoms with Gasteiger partial charge in [-0.2, -0.15) is 9.68 Å². The van der Waals surface area contributed by atoms with Crippen molar-refractivity contribution in [3.63, 3.8) is 0 Å². The maximum absolute atomic E-state index is 12.6. The number of hydrogen-bond donors (Lipinski definition) is 0. The highest BCUT2D eigenvalue weighted by Crippen LogP contribution is 2.29. The van der Waals surface area contributed by atoms with E-state index >= 15 is 0 Å². The summed E-state index contributed by atoms with van der Waals surface area (Å²) in [7, 11) is 5.21. The van der Waals surface area contributed by atoms with Crippen molar-refractivity contribution in [1.29, 1.82) is 0 Å². The first-order valence-corrected chi connectivity index (χ1v) is 12.1. The molecule has 12 nitrogen and oxygen atoms in total. The van der Waals surface area contributed by atoms with Gasteiger partial charge in [-0.1, -0.05) is 0 Å². The molecule has 2 aliphatic carbocycles. The Morgan fingerprint density at radius 2 is 0.842 bits per heavy atom. The lowest BCUT2D eigenvalue weighted by Crippen LogP contribution is -2.25. The number of unbranched alkanes of at least 4 members (excludes halogenated alkanes) is 2. The van der Waals surface area contributed by atoms with Crippen LogP contribution in [0.2, 0.25) is 0 Å². The molecule has 0 aromatic carbocycles. The Morgan fingerprint density at radius 3 is 1.16 bits per heavy atom. The molecule has 0 N–H and O–H groups in total. The van der Waals surface area contributed by atoms with Gasteiger partial charge in [0.15, 0.2) is 13.2 Å². The molecule has 0 aliphatic heterocycles. The molecule has 2 aliphatic rings. The number of methoxy groups -OCH3 is 4. The first-order chi connectivity index (χ1) is 18.1. The standard InChI is InChI=1S/C26H34NO11/c1-15-17(21(30)25(35-5)23(33-3)19(15)28)11-7-9-13-37-27(32)38-14-10-8-12-18-16(2)20(29)24(34-4)26(36-6)22(18)31/h7-14H2,1-6H3/q+1. The summed E-state index contributed by atoms with van der Waals surface area (Å²) in [4.78, 5) is 71.7. The molecule has 38 heavy (non-hydrogen) atoms. The van der Waals surface area contributed by atoms with Crippen LogP contribution < -0.4 is 0 Å². The fourth-order valence-corrected chi connectivity index (χ4v) is 4.11. The predicted molar refractivity (Wildman–Crippen MR) is 131 cm³/mol. The fourth-order valence-electron chi connectivity index (χ4n) is 4.11. The number of carbonyl (C=O) groups is 4. The summed E-state index contributed by atoms with van der Waals surface area (Å²) in [5.74, 6) is -2.02. The molecule has 0 fully saturated rings. The van der Waals surface area contributed by atoms with E-state index in [-0.39, 0.29) is 41.3 Å². The van der Waals surface area contributed by atoms with Crippen LogP contribution in [0.4, 0.5) is 0 Å². The Labute approximate surface area is 220 Å². The van der Waals surface area contributed by atoms with E-state index in [9.17, 15) is 24.1 Å². The van der Waals surface area contributed by atoms with Crippen LogP contribution in [-0.2, 0) is 47.8 Å². The highest BCUT2D eigenvalue weighted by atomic mass is 17.0. The minimum Gasteiger partial charge on any atom is -0.489 e. The molecule has 0 saturated carbocycles. The molecule has 0 spiro atoms. The van der Waals surface area contributed by atoms with Gasteiger partial charge in [0.25, 0.3) is 0 Å². The second-order valence-electron chi connectivity index (χ2n) is 8.46. The van der Waals surface area contributed by atoms with Crippen LogP contribution in [0, 0.1) is 4.91 Å². The van der Waals surface area contributed by atoms with Crippen LogP contribution >= 0.6 is 0 Å². The van der Waals surface area contributed by atoms with Crippen molar-refractivity contribution in [3.8, 4) is 0 Å². The summed E-state index contributed by atoms with van der Waals surface area (Å²) >= 11 is 0. The van der Waals surface area contributed by atoms with E-state index in [4.69, 9.17) is 28.6 Å². The first-order valence-electron chi connectivity index (χ1n) is 12.1. The zero-order valence-electron chi connectivity index (χ0n) is 22.6. The van der Waals surface area contributed by atoms with E-state index in [1.807, 2.05) is 0 Å². The average molecular weight is 537 g/mol. The summed E-state index contributed by atoms with van der Waals surface area (Å²) < 4.78 is 20.1. The van der Waals surface area contributed by atoms with Crippen molar-refractivity contribution >= 4 is 23.1 Å². The van der Waals surface area contributed by atoms with Crippen LogP contribution in [0.15, 0.2) is 45.3 Å². The summed E-state index contributed by atoms with van der Waals surface area (Å²) in [5.41, 5.74) is 1.30. The second kappa shape index (κ2) is 14.1. The molecule has 0 atom stereocenters. The second-order valence-corrected chi connectivity index (χ2v) is 8.46. The van der Waals surface area contributed by atoms with Crippen molar-refractivity contribution < 1.29 is 52.9 Å². The third kappa shape index (κ3) is 6.67. The van der Waals surface area contributed by atoms with Gasteiger partial charge in [0.05, 0.1) is 28.4 Å². The number of hydrogen-bond acceptors (Lipinski definition) is 11. The van der Waals surface area contributed by atoms with Crippen LogP contribution in [0.1, 0.15) is 52.4 Å². The van der Waals surface area contributed by atoms with Crippen molar-refractivity contribution in [2.45, 2.75) is 52.4 Å². The van der Waals surface area contributed by atoms with Gasteiger partial charge in [-0.25, -0.2) is 0 Å². The van der Waals surface area contributed by atoms with E-state index in [1.54, 1.807) is 13.8 Å².